The number of rotatable bonds is 2. The van der Waals surface area contributed by atoms with Crippen LogP contribution in [-0.2, 0) is 0 Å². The molecule has 2 N–H and O–H groups in total. The van der Waals surface area contributed by atoms with Gasteiger partial charge in [-0.05, 0) is 36.8 Å². The summed E-state index contributed by atoms with van der Waals surface area (Å²) in [6, 6.07) is 5.86. The highest BCUT2D eigenvalue weighted by atomic mass is 35.5. The highest BCUT2D eigenvalue weighted by Crippen LogP contribution is 2.34. The summed E-state index contributed by atoms with van der Waals surface area (Å²) in [5, 5.41) is 4.79. The van der Waals surface area contributed by atoms with E-state index in [2.05, 4.69) is 10.1 Å². The summed E-state index contributed by atoms with van der Waals surface area (Å²) >= 11 is 7.35. The first-order valence-electron chi connectivity index (χ1n) is 5.70. The Morgan fingerprint density at radius 3 is 2.80 bits per heavy atom. The number of halogens is 2. The Balaban J connectivity index is 2.04. The second-order valence-corrected chi connectivity index (χ2v) is 5.70. The molecule has 0 amide bonds. The van der Waals surface area contributed by atoms with E-state index in [1.54, 1.807) is 0 Å². The van der Waals surface area contributed by atoms with E-state index in [0.717, 1.165) is 10.4 Å². The molecule has 0 spiro atoms. The normalized spacial score (nSPS) is 10.9. The lowest BCUT2D eigenvalue weighted by atomic mass is 10.2. The minimum absolute atomic E-state index is 0.236. The van der Waals surface area contributed by atoms with Crippen molar-refractivity contribution in [3.63, 3.8) is 0 Å². The quantitative estimate of drug-likeness (QED) is 0.772. The van der Waals surface area contributed by atoms with E-state index in [1.165, 1.54) is 29.5 Å². The van der Waals surface area contributed by atoms with Gasteiger partial charge in [0.1, 0.15) is 5.82 Å². The van der Waals surface area contributed by atoms with E-state index in [4.69, 9.17) is 21.9 Å². The van der Waals surface area contributed by atoms with Crippen LogP contribution in [0, 0.1) is 12.7 Å². The standard InChI is InChI=1S/C13H9ClFN3OS/c1-6-4-10(16)20-11(6)13-17-12(18-19-13)8-3-2-7(15)5-9(8)14/h2-5H,16H2,1H3. The molecule has 2 aromatic heterocycles. The Hall–Kier alpha value is -1.92. The zero-order valence-corrected chi connectivity index (χ0v) is 11.9. The van der Waals surface area contributed by atoms with Crippen molar-refractivity contribution in [1.82, 2.24) is 10.1 Å². The van der Waals surface area contributed by atoms with Crippen molar-refractivity contribution >= 4 is 27.9 Å². The summed E-state index contributed by atoms with van der Waals surface area (Å²) in [5.41, 5.74) is 7.23. The van der Waals surface area contributed by atoms with Crippen molar-refractivity contribution < 1.29 is 8.91 Å². The molecule has 0 fully saturated rings. The minimum atomic E-state index is -0.413. The Labute approximate surface area is 123 Å². The molecule has 0 unspecified atom stereocenters. The van der Waals surface area contributed by atoms with Crippen LogP contribution in [0.2, 0.25) is 5.02 Å². The van der Waals surface area contributed by atoms with E-state index in [1.807, 2.05) is 13.0 Å². The van der Waals surface area contributed by atoms with Gasteiger partial charge in [-0.15, -0.1) is 11.3 Å². The van der Waals surface area contributed by atoms with Gasteiger partial charge in [0.2, 0.25) is 5.82 Å². The molecule has 0 radical (unpaired) electrons. The summed E-state index contributed by atoms with van der Waals surface area (Å²) in [6.45, 7) is 1.91. The fourth-order valence-corrected chi connectivity index (χ4v) is 2.93. The van der Waals surface area contributed by atoms with Gasteiger partial charge in [0, 0.05) is 5.56 Å². The third-order valence-electron chi connectivity index (χ3n) is 2.73. The number of anilines is 1. The van der Waals surface area contributed by atoms with Gasteiger partial charge in [0.25, 0.3) is 5.89 Å². The van der Waals surface area contributed by atoms with E-state index < -0.39 is 5.82 Å². The number of hydrogen-bond acceptors (Lipinski definition) is 5. The number of hydrogen-bond donors (Lipinski definition) is 1. The predicted molar refractivity (Wildman–Crippen MR) is 77.2 cm³/mol. The molecule has 102 valence electrons. The van der Waals surface area contributed by atoms with Gasteiger partial charge in [-0.1, -0.05) is 16.8 Å². The topological polar surface area (TPSA) is 64.9 Å². The summed E-state index contributed by atoms with van der Waals surface area (Å²) in [5.74, 6) is 0.278. The molecular formula is C13H9ClFN3OS. The summed E-state index contributed by atoms with van der Waals surface area (Å²) in [4.78, 5) is 5.10. The molecule has 1 aromatic carbocycles. The Morgan fingerprint density at radius 2 is 2.15 bits per heavy atom. The molecule has 0 saturated carbocycles. The van der Waals surface area contributed by atoms with Crippen LogP contribution in [0.4, 0.5) is 9.39 Å². The Kier molecular flexibility index (Phi) is 3.19. The molecule has 4 nitrogen and oxygen atoms in total. The van der Waals surface area contributed by atoms with E-state index >= 15 is 0 Å². The zero-order valence-electron chi connectivity index (χ0n) is 10.4. The first kappa shape index (κ1) is 13.1. The average molecular weight is 310 g/mol. The summed E-state index contributed by atoms with van der Waals surface area (Å²) in [7, 11) is 0. The lowest BCUT2D eigenvalue weighted by Gasteiger charge is -1.97. The van der Waals surface area contributed by atoms with Crippen LogP contribution >= 0.6 is 22.9 Å². The maximum atomic E-state index is 13.0. The fourth-order valence-electron chi connectivity index (χ4n) is 1.81. The lowest BCUT2D eigenvalue weighted by Crippen LogP contribution is -1.84. The van der Waals surface area contributed by atoms with E-state index in [-0.39, 0.29) is 5.02 Å². The zero-order chi connectivity index (χ0) is 14.3. The van der Waals surface area contributed by atoms with Crippen molar-refractivity contribution in [2.75, 3.05) is 5.73 Å². The maximum Gasteiger partial charge on any atom is 0.268 e. The molecular weight excluding hydrogens is 301 g/mol. The number of nitrogen functional groups attached to an aromatic ring is 1. The SMILES string of the molecule is Cc1cc(N)sc1-c1nc(-c2ccc(F)cc2Cl)no1. The van der Waals surface area contributed by atoms with Crippen LogP contribution in [0.5, 0.6) is 0 Å². The number of aryl methyl sites for hydroxylation is 1. The number of benzene rings is 1. The van der Waals surface area contributed by atoms with Gasteiger partial charge in [-0.2, -0.15) is 4.98 Å². The molecule has 7 heteroatoms. The minimum Gasteiger partial charge on any atom is -0.391 e. The molecule has 0 aliphatic heterocycles. The smallest absolute Gasteiger partial charge is 0.268 e. The molecule has 20 heavy (non-hydrogen) atoms. The van der Waals surface area contributed by atoms with Crippen molar-refractivity contribution in [2.24, 2.45) is 0 Å². The van der Waals surface area contributed by atoms with Crippen LogP contribution in [0.15, 0.2) is 28.8 Å². The third kappa shape index (κ3) is 2.28. The summed E-state index contributed by atoms with van der Waals surface area (Å²) < 4.78 is 18.3. The van der Waals surface area contributed by atoms with Crippen LogP contribution in [0.25, 0.3) is 22.2 Å². The second kappa shape index (κ2) is 4.88. The Bertz CT molecular complexity index is 784. The van der Waals surface area contributed by atoms with Crippen LogP contribution in [0.3, 0.4) is 0 Å². The van der Waals surface area contributed by atoms with Gasteiger partial charge >= 0.3 is 0 Å². The first-order valence-corrected chi connectivity index (χ1v) is 6.89. The fraction of sp³-hybridized carbons (Fsp3) is 0.0769. The first-order chi connectivity index (χ1) is 9.54. The molecule has 0 aliphatic rings. The molecule has 3 aromatic rings. The van der Waals surface area contributed by atoms with Crippen molar-refractivity contribution in [1.29, 1.82) is 0 Å². The average Bonchev–Trinajstić information content (AvgIpc) is 2.96. The number of nitrogens with zero attached hydrogens (tertiary/aromatic N) is 2. The summed E-state index contributed by atoms with van der Waals surface area (Å²) in [6.07, 6.45) is 0. The number of thiophene rings is 1. The van der Waals surface area contributed by atoms with Crippen LogP contribution in [0.1, 0.15) is 5.56 Å². The molecule has 0 saturated heterocycles. The van der Waals surface area contributed by atoms with E-state index in [9.17, 15) is 4.39 Å². The van der Waals surface area contributed by atoms with Gasteiger partial charge in [0.15, 0.2) is 0 Å². The number of aromatic nitrogens is 2. The molecule has 0 aliphatic carbocycles. The van der Waals surface area contributed by atoms with Gasteiger partial charge in [-0.25, -0.2) is 4.39 Å². The highest BCUT2D eigenvalue weighted by molar-refractivity contribution is 7.19. The van der Waals surface area contributed by atoms with Crippen molar-refractivity contribution in [3.05, 3.63) is 40.7 Å². The monoisotopic (exact) mass is 309 g/mol. The molecule has 0 atom stereocenters. The van der Waals surface area contributed by atoms with Gasteiger partial charge in [0.05, 0.1) is 14.9 Å². The van der Waals surface area contributed by atoms with E-state index in [0.29, 0.717) is 22.3 Å². The Morgan fingerprint density at radius 1 is 1.35 bits per heavy atom. The highest BCUT2D eigenvalue weighted by Gasteiger charge is 2.16. The largest absolute Gasteiger partial charge is 0.391 e. The van der Waals surface area contributed by atoms with Crippen molar-refractivity contribution in [2.45, 2.75) is 6.92 Å². The molecule has 0 bridgehead atoms. The molecule has 2 heterocycles. The predicted octanol–water partition coefficient (Wildman–Crippen LogP) is 4.15. The van der Waals surface area contributed by atoms with Gasteiger partial charge < -0.3 is 10.3 Å². The van der Waals surface area contributed by atoms with Crippen LogP contribution < -0.4 is 5.73 Å². The lowest BCUT2D eigenvalue weighted by molar-refractivity contribution is 0.433. The number of nitrogens with two attached hydrogens (primary N) is 1. The second-order valence-electron chi connectivity index (χ2n) is 4.21. The van der Waals surface area contributed by atoms with Crippen LogP contribution in [-0.4, -0.2) is 10.1 Å². The molecule has 3 rings (SSSR count). The van der Waals surface area contributed by atoms with Gasteiger partial charge in [-0.3, -0.25) is 0 Å². The maximum absolute atomic E-state index is 13.0. The van der Waals surface area contributed by atoms with Crippen molar-refractivity contribution in [3.8, 4) is 22.2 Å². The third-order valence-corrected chi connectivity index (χ3v) is 4.10.